The van der Waals surface area contributed by atoms with Gasteiger partial charge in [-0.1, -0.05) is 25.0 Å². The lowest BCUT2D eigenvalue weighted by Gasteiger charge is -2.30. The van der Waals surface area contributed by atoms with E-state index in [2.05, 4.69) is 20.9 Å². The van der Waals surface area contributed by atoms with Gasteiger partial charge in [0.05, 0.1) is 31.3 Å². The Morgan fingerprint density at radius 1 is 1.13 bits per heavy atom. The van der Waals surface area contributed by atoms with Crippen molar-refractivity contribution in [1.82, 2.24) is 30.5 Å². The zero-order valence-electron chi connectivity index (χ0n) is 31.6. The maximum Gasteiger partial charge on any atom is 0.408 e. The van der Waals surface area contributed by atoms with Crippen LogP contribution in [-0.2, 0) is 28.7 Å². The fourth-order valence-electron chi connectivity index (χ4n) is 6.89. The molecule has 17 heteroatoms. The van der Waals surface area contributed by atoms with Gasteiger partial charge in [-0.05, 0) is 65.5 Å². The largest absolute Gasteiger partial charge is 0.497 e. The van der Waals surface area contributed by atoms with Gasteiger partial charge in [-0.25, -0.2) is 24.5 Å². The Labute approximate surface area is 322 Å². The van der Waals surface area contributed by atoms with E-state index in [0.717, 1.165) is 19.3 Å². The zero-order valence-corrected chi connectivity index (χ0v) is 32.4. The number of fused-ring (bicyclic) bond motifs is 3. The Morgan fingerprint density at radius 3 is 2.69 bits per heavy atom. The first-order valence-electron chi connectivity index (χ1n) is 18.5. The number of nitrogens with one attached hydrogen (secondary N) is 3. The second-order valence-corrected chi connectivity index (χ2v) is 15.6. The van der Waals surface area contributed by atoms with E-state index in [1.165, 1.54) is 23.3 Å². The van der Waals surface area contributed by atoms with Gasteiger partial charge in [-0.2, -0.15) is 0 Å². The highest BCUT2D eigenvalue weighted by Gasteiger charge is 2.62. The number of alkyl carbamates (subject to hydrolysis) is 1. The average molecular weight is 778 g/mol. The number of anilines is 1. The number of carbonyl (C=O) groups excluding carboxylic acids is 5. The molecule has 0 radical (unpaired) electrons. The highest BCUT2D eigenvalue weighted by atomic mass is 32.1. The van der Waals surface area contributed by atoms with Crippen LogP contribution in [0.2, 0.25) is 0 Å². The van der Waals surface area contributed by atoms with E-state index in [-0.39, 0.29) is 37.1 Å². The van der Waals surface area contributed by atoms with Crippen LogP contribution in [0.5, 0.6) is 11.6 Å². The highest BCUT2D eigenvalue weighted by molar-refractivity contribution is 7.14. The molecule has 1 saturated carbocycles. The molecule has 294 valence electrons. The summed E-state index contributed by atoms with van der Waals surface area (Å²) in [6.45, 7) is 7.00. The first-order valence-corrected chi connectivity index (χ1v) is 19.4. The number of amides is 4. The molecular weight excluding hydrogens is 731 g/mol. The Balaban J connectivity index is 1.36. The molecule has 1 unspecified atom stereocenters. The standard InChI is InChI=1S/C38H47N7O9S/c1-6-52-34(49)38-18-22(38)12-10-8-7-9-11-13-26(43-36(50)54-37(2,3)4)33(48)45-19-24(17-29(45)31(47)44-38)53-32-30(28-20-55-35(42-28)39-21-46)40-25-15-14-23(51-5)16-27(25)41-32/h10,12,14-16,20-22,24,26,29H,6-9,11,13,17-19H2,1-5H3,(H,43,50)(H,44,47)(H,39,42,46)/b12-10-/t22-,24?,26-,29+,38-/m1/s1. The third kappa shape index (κ3) is 9.15. The van der Waals surface area contributed by atoms with Crippen LogP contribution in [0.25, 0.3) is 22.4 Å². The number of nitrogens with zero attached hydrogens (tertiary/aromatic N) is 4. The number of methoxy groups -OCH3 is 1. The summed E-state index contributed by atoms with van der Waals surface area (Å²) in [5.74, 6) is -1.19. The molecule has 5 atom stereocenters. The highest BCUT2D eigenvalue weighted by Crippen LogP contribution is 2.46. The van der Waals surface area contributed by atoms with Crippen molar-refractivity contribution in [3.05, 3.63) is 35.7 Å². The van der Waals surface area contributed by atoms with Crippen molar-refractivity contribution in [2.45, 2.75) is 102 Å². The number of hydrogen-bond acceptors (Lipinski definition) is 13. The van der Waals surface area contributed by atoms with Crippen LogP contribution in [0.15, 0.2) is 35.7 Å². The van der Waals surface area contributed by atoms with Gasteiger partial charge < -0.3 is 39.8 Å². The van der Waals surface area contributed by atoms with Crippen molar-refractivity contribution in [3.63, 3.8) is 0 Å². The summed E-state index contributed by atoms with van der Waals surface area (Å²) in [5, 5.41) is 10.3. The average Bonchev–Trinajstić information content (AvgIpc) is 3.41. The number of rotatable bonds is 9. The van der Waals surface area contributed by atoms with Crippen LogP contribution in [0.3, 0.4) is 0 Å². The molecule has 3 aliphatic rings. The van der Waals surface area contributed by atoms with Crippen molar-refractivity contribution in [2.24, 2.45) is 5.92 Å². The van der Waals surface area contributed by atoms with Gasteiger partial charge in [0.25, 0.3) is 0 Å². The van der Waals surface area contributed by atoms with Crippen molar-refractivity contribution in [2.75, 3.05) is 25.6 Å². The number of esters is 1. The lowest BCUT2D eigenvalue weighted by atomic mass is 10.0. The van der Waals surface area contributed by atoms with Crippen LogP contribution in [0.4, 0.5) is 9.93 Å². The molecular formula is C38H47N7O9S. The van der Waals surface area contributed by atoms with E-state index in [1.54, 1.807) is 51.3 Å². The number of ether oxygens (including phenoxy) is 4. The number of thiazole rings is 1. The Hall–Kier alpha value is -5.32. The smallest absolute Gasteiger partial charge is 0.408 e. The first kappa shape index (κ1) is 39.4. The second kappa shape index (κ2) is 16.6. The van der Waals surface area contributed by atoms with Crippen molar-refractivity contribution < 1.29 is 42.9 Å². The molecule has 3 N–H and O–H groups in total. The van der Waals surface area contributed by atoms with E-state index in [4.69, 9.17) is 28.9 Å². The van der Waals surface area contributed by atoms with E-state index in [0.29, 0.717) is 53.3 Å². The minimum Gasteiger partial charge on any atom is -0.497 e. The number of aromatic nitrogens is 3. The van der Waals surface area contributed by atoms with Gasteiger partial charge in [0.15, 0.2) is 10.8 Å². The molecule has 4 heterocycles. The third-order valence-electron chi connectivity index (χ3n) is 9.62. The van der Waals surface area contributed by atoms with Gasteiger partial charge in [0.1, 0.15) is 40.8 Å². The Kier molecular flexibility index (Phi) is 11.9. The van der Waals surface area contributed by atoms with E-state index in [1.807, 2.05) is 12.2 Å². The lowest BCUT2D eigenvalue weighted by Crippen LogP contribution is -2.56. The van der Waals surface area contributed by atoms with Gasteiger partial charge in [0.2, 0.25) is 24.1 Å². The summed E-state index contributed by atoms with van der Waals surface area (Å²) in [6, 6.07) is 3.12. The molecule has 2 aromatic heterocycles. The topological polar surface area (TPSA) is 200 Å². The van der Waals surface area contributed by atoms with Crippen LogP contribution in [-0.4, -0.2) is 99.7 Å². The fourth-order valence-corrected chi connectivity index (χ4v) is 7.55. The molecule has 55 heavy (non-hydrogen) atoms. The summed E-state index contributed by atoms with van der Waals surface area (Å²) in [7, 11) is 1.54. The summed E-state index contributed by atoms with van der Waals surface area (Å²) in [4.78, 5) is 81.9. The van der Waals surface area contributed by atoms with Gasteiger partial charge in [-0.15, -0.1) is 11.3 Å². The molecule has 0 bridgehead atoms. The third-order valence-corrected chi connectivity index (χ3v) is 10.4. The second-order valence-electron chi connectivity index (χ2n) is 14.8. The normalized spacial score (nSPS) is 24.9. The van der Waals surface area contributed by atoms with Crippen molar-refractivity contribution in [3.8, 4) is 23.0 Å². The van der Waals surface area contributed by atoms with Crippen LogP contribution in [0.1, 0.15) is 72.6 Å². The van der Waals surface area contributed by atoms with Crippen LogP contribution in [0, 0.1) is 5.92 Å². The van der Waals surface area contributed by atoms with Crippen molar-refractivity contribution in [1.29, 1.82) is 0 Å². The molecule has 1 aromatic carbocycles. The molecule has 16 nitrogen and oxygen atoms in total. The lowest BCUT2D eigenvalue weighted by molar-refractivity contribution is -0.150. The number of hydrogen-bond donors (Lipinski definition) is 3. The maximum absolute atomic E-state index is 14.5. The fraction of sp³-hybridized carbons (Fsp3) is 0.526. The molecule has 0 spiro atoms. The summed E-state index contributed by atoms with van der Waals surface area (Å²) in [6.07, 6.45) is 6.70. The van der Waals surface area contributed by atoms with Crippen LogP contribution < -0.4 is 25.4 Å². The molecule has 1 saturated heterocycles. The minimum absolute atomic E-state index is 0.0302. The molecule has 1 aliphatic carbocycles. The van der Waals surface area contributed by atoms with Gasteiger partial charge >= 0.3 is 12.1 Å². The van der Waals surface area contributed by atoms with Gasteiger partial charge in [0, 0.05) is 23.8 Å². The van der Waals surface area contributed by atoms with Crippen molar-refractivity contribution >= 4 is 57.8 Å². The summed E-state index contributed by atoms with van der Waals surface area (Å²) >= 11 is 1.19. The summed E-state index contributed by atoms with van der Waals surface area (Å²) < 4.78 is 22.9. The SMILES string of the molecule is CCOC(=O)[C@@]12C[C@H]1/C=C\CCCCC[C@@H](NC(=O)OC(C)(C)C)C(=O)N1CC(Oc3nc4cc(OC)ccc4nc3-c3csc(NC=O)n3)C[C@H]1C(=O)N2. The quantitative estimate of drug-likeness (QED) is 0.156. The molecule has 3 aromatic rings. The predicted molar refractivity (Wildman–Crippen MR) is 202 cm³/mol. The van der Waals surface area contributed by atoms with E-state index < -0.39 is 53.2 Å². The Bertz CT molecular complexity index is 1960. The number of allylic oxidation sites excluding steroid dienone is 1. The molecule has 2 fully saturated rings. The molecule has 6 rings (SSSR count). The summed E-state index contributed by atoms with van der Waals surface area (Å²) in [5.41, 5.74) is -0.399. The monoisotopic (exact) mass is 777 g/mol. The maximum atomic E-state index is 14.5. The zero-order chi connectivity index (χ0) is 39.3. The first-order chi connectivity index (χ1) is 26.3. The van der Waals surface area contributed by atoms with E-state index in [9.17, 15) is 24.0 Å². The van der Waals surface area contributed by atoms with Gasteiger partial charge in [-0.3, -0.25) is 14.4 Å². The predicted octanol–water partition coefficient (Wildman–Crippen LogP) is 4.53. The van der Waals surface area contributed by atoms with E-state index >= 15 is 0 Å². The number of benzene rings is 1. The minimum atomic E-state index is -1.26. The van der Waals surface area contributed by atoms with Crippen LogP contribution >= 0.6 is 11.3 Å². The Morgan fingerprint density at radius 2 is 1.95 bits per heavy atom. The number of carbonyl (C=O) groups is 5. The molecule has 4 amide bonds. The molecule has 2 aliphatic heterocycles.